The number of halogens is 4. The maximum Gasteiger partial charge on any atom is 0.417 e. The quantitative estimate of drug-likeness (QED) is 0.937. The number of rotatable bonds is 4. The lowest BCUT2D eigenvalue weighted by atomic mass is 10.1. The van der Waals surface area contributed by atoms with Gasteiger partial charge in [0.25, 0.3) is 0 Å². The zero-order valence-electron chi connectivity index (χ0n) is 11.2. The number of H-pyrrole nitrogens is 1. The van der Waals surface area contributed by atoms with Crippen LogP contribution in [0.5, 0.6) is 0 Å². The Morgan fingerprint density at radius 2 is 2.14 bits per heavy atom. The topological polar surface area (TPSA) is 70.6 Å². The van der Waals surface area contributed by atoms with Gasteiger partial charge in [0.2, 0.25) is 0 Å². The van der Waals surface area contributed by atoms with Crippen LogP contribution in [0.2, 0.25) is 5.02 Å². The Labute approximate surface area is 123 Å². The number of aromatic nitrogens is 5. The predicted molar refractivity (Wildman–Crippen MR) is 70.1 cm³/mol. The Bertz CT molecular complexity index is 601. The Hall–Kier alpha value is -1.90. The lowest BCUT2D eigenvalue weighted by Crippen LogP contribution is -2.25. The minimum atomic E-state index is -4.47. The van der Waals surface area contributed by atoms with Crippen LogP contribution in [0.3, 0.4) is 0 Å². The summed E-state index contributed by atoms with van der Waals surface area (Å²) in [6.45, 7) is 2.29. The van der Waals surface area contributed by atoms with Crippen LogP contribution >= 0.6 is 11.6 Å². The van der Waals surface area contributed by atoms with E-state index in [1.54, 1.807) is 11.9 Å². The highest BCUT2D eigenvalue weighted by Crippen LogP contribution is 2.33. The predicted octanol–water partition coefficient (Wildman–Crippen LogP) is 2.51. The average Bonchev–Trinajstić information content (AvgIpc) is 2.91. The number of hydrogen-bond acceptors (Lipinski definition) is 5. The van der Waals surface area contributed by atoms with Gasteiger partial charge in [-0.1, -0.05) is 23.7 Å². The van der Waals surface area contributed by atoms with Gasteiger partial charge in [0.1, 0.15) is 5.82 Å². The number of pyridine rings is 1. The van der Waals surface area contributed by atoms with E-state index in [2.05, 4.69) is 25.6 Å². The minimum Gasteiger partial charge on any atom is -0.358 e. The number of likely N-dealkylation sites (N-methyl/N-ethyl adjacent to an activating group) is 1. The third-order valence-corrected chi connectivity index (χ3v) is 3.14. The van der Waals surface area contributed by atoms with Crippen molar-refractivity contribution in [3.8, 4) is 0 Å². The molecule has 21 heavy (non-hydrogen) atoms. The second-order valence-electron chi connectivity index (χ2n) is 4.58. The molecule has 0 aromatic carbocycles. The minimum absolute atomic E-state index is 0.0624. The van der Waals surface area contributed by atoms with E-state index in [4.69, 9.17) is 11.6 Å². The molecule has 1 unspecified atom stereocenters. The number of alkyl halides is 3. The van der Waals surface area contributed by atoms with E-state index < -0.39 is 11.7 Å². The first-order valence-corrected chi connectivity index (χ1v) is 6.34. The van der Waals surface area contributed by atoms with Crippen molar-refractivity contribution >= 4 is 17.4 Å². The molecular weight excluding hydrogens is 309 g/mol. The van der Waals surface area contributed by atoms with Gasteiger partial charge in [-0.2, -0.15) is 18.4 Å². The van der Waals surface area contributed by atoms with E-state index in [0.717, 1.165) is 12.3 Å². The average molecular weight is 321 g/mol. The van der Waals surface area contributed by atoms with Crippen molar-refractivity contribution < 1.29 is 13.2 Å². The Balaban J connectivity index is 2.14. The van der Waals surface area contributed by atoms with Crippen molar-refractivity contribution in [2.75, 3.05) is 18.5 Å². The van der Waals surface area contributed by atoms with Crippen LogP contribution in [0.4, 0.5) is 19.0 Å². The lowest BCUT2D eigenvalue weighted by Gasteiger charge is -2.22. The van der Waals surface area contributed by atoms with Gasteiger partial charge in [-0.15, -0.1) is 10.2 Å². The summed E-state index contributed by atoms with van der Waals surface area (Å²) in [6, 6.07) is 0.861. The van der Waals surface area contributed by atoms with Crippen LogP contribution in [-0.4, -0.2) is 39.2 Å². The molecular formula is C11H12ClF3N6. The summed E-state index contributed by atoms with van der Waals surface area (Å²) in [5.74, 6) is 0.679. The van der Waals surface area contributed by atoms with Gasteiger partial charge in [-0.25, -0.2) is 4.98 Å². The smallest absolute Gasteiger partial charge is 0.358 e. The van der Waals surface area contributed by atoms with E-state index in [1.165, 1.54) is 0 Å². The molecule has 0 radical (unpaired) electrons. The maximum absolute atomic E-state index is 12.6. The molecule has 1 atom stereocenters. The zero-order valence-corrected chi connectivity index (χ0v) is 11.9. The standard InChI is InChI=1S/C11H12ClF3N6/c1-6(9-17-19-20-18-9)5-21(2)10-8(12)3-7(4-16-10)11(13,14)15/h3-4,6H,5H2,1-2H3,(H,17,18,19,20). The van der Waals surface area contributed by atoms with E-state index in [1.807, 2.05) is 6.92 Å². The summed E-state index contributed by atoms with van der Waals surface area (Å²) < 4.78 is 37.7. The molecule has 2 heterocycles. The summed E-state index contributed by atoms with van der Waals surface area (Å²) >= 11 is 5.88. The first-order chi connectivity index (χ1) is 9.79. The molecule has 10 heteroatoms. The molecule has 0 aliphatic carbocycles. The van der Waals surface area contributed by atoms with Crippen molar-refractivity contribution in [1.29, 1.82) is 0 Å². The number of tetrazole rings is 1. The molecule has 2 rings (SSSR count). The van der Waals surface area contributed by atoms with Crippen LogP contribution in [0.25, 0.3) is 0 Å². The van der Waals surface area contributed by atoms with Crippen molar-refractivity contribution in [3.63, 3.8) is 0 Å². The van der Waals surface area contributed by atoms with Gasteiger partial charge in [-0.05, 0) is 6.07 Å². The number of nitrogens with one attached hydrogen (secondary N) is 1. The summed E-state index contributed by atoms with van der Waals surface area (Å²) in [5, 5.41) is 13.5. The molecule has 1 N–H and O–H groups in total. The van der Waals surface area contributed by atoms with Crippen LogP contribution in [-0.2, 0) is 6.18 Å². The summed E-state index contributed by atoms with van der Waals surface area (Å²) in [5.41, 5.74) is -0.879. The monoisotopic (exact) mass is 320 g/mol. The van der Waals surface area contributed by atoms with Crippen LogP contribution in [0.1, 0.15) is 24.2 Å². The second kappa shape index (κ2) is 5.84. The third-order valence-electron chi connectivity index (χ3n) is 2.86. The molecule has 114 valence electrons. The molecule has 0 saturated heterocycles. The summed E-state index contributed by atoms with van der Waals surface area (Å²) in [6.07, 6.45) is -3.71. The maximum atomic E-state index is 12.6. The first-order valence-electron chi connectivity index (χ1n) is 5.96. The number of anilines is 1. The van der Waals surface area contributed by atoms with Gasteiger partial charge in [0, 0.05) is 25.7 Å². The lowest BCUT2D eigenvalue weighted by molar-refractivity contribution is -0.137. The molecule has 0 amide bonds. The largest absolute Gasteiger partial charge is 0.417 e. The molecule has 0 aliphatic rings. The molecule has 0 bridgehead atoms. The summed E-state index contributed by atoms with van der Waals surface area (Å²) in [4.78, 5) is 5.43. The second-order valence-corrected chi connectivity index (χ2v) is 4.99. The van der Waals surface area contributed by atoms with Gasteiger partial charge in [-0.3, -0.25) is 0 Å². The third kappa shape index (κ3) is 3.60. The van der Waals surface area contributed by atoms with Crippen LogP contribution in [0.15, 0.2) is 12.3 Å². The highest BCUT2D eigenvalue weighted by atomic mass is 35.5. The highest BCUT2D eigenvalue weighted by molar-refractivity contribution is 6.33. The number of aromatic amines is 1. The van der Waals surface area contributed by atoms with Crippen molar-refractivity contribution in [2.24, 2.45) is 0 Å². The highest BCUT2D eigenvalue weighted by Gasteiger charge is 2.32. The number of hydrogen-bond donors (Lipinski definition) is 1. The van der Waals surface area contributed by atoms with E-state index in [9.17, 15) is 13.2 Å². The van der Waals surface area contributed by atoms with Gasteiger partial charge >= 0.3 is 6.18 Å². The van der Waals surface area contributed by atoms with Gasteiger partial charge in [0.15, 0.2) is 5.82 Å². The first kappa shape index (κ1) is 15.5. The molecule has 0 aliphatic heterocycles. The molecule has 0 saturated carbocycles. The Morgan fingerprint density at radius 3 is 2.67 bits per heavy atom. The van der Waals surface area contributed by atoms with Gasteiger partial charge in [0.05, 0.1) is 10.6 Å². The Kier molecular flexibility index (Phi) is 4.31. The van der Waals surface area contributed by atoms with E-state index in [-0.39, 0.29) is 16.8 Å². The van der Waals surface area contributed by atoms with Crippen LogP contribution in [0, 0.1) is 0 Å². The molecule has 0 fully saturated rings. The fourth-order valence-corrected chi connectivity index (χ4v) is 2.13. The van der Waals surface area contributed by atoms with Crippen molar-refractivity contribution in [2.45, 2.75) is 19.0 Å². The molecule has 6 nitrogen and oxygen atoms in total. The van der Waals surface area contributed by atoms with Crippen molar-refractivity contribution in [1.82, 2.24) is 25.6 Å². The Morgan fingerprint density at radius 1 is 1.43 bits per heavy atom. The SMILES string of the molecule is CC(CN(C)c1ncc(C(F)(F)F)cc1Cl)c1nn[nH]n1. The fourth-order valence-electron chi connectivity index (χ4n) is 1.82. The van der Waals surface area contributed by atoms with Crippen LogP contribution < -0.4 is 4.90 Å². The zero-order chi connectivity index (χ0) is 15.6. The number of nitrogens with zero attached hydrogens (tertiary/aromatic N) is 5. The molecule has 2 aromatic rings. The molecule has 2 aromatic heterocycles. The van der Waals surface area contributed by atoms with E-state index in [0.29, 0.717) is 12.4 Å². The fraction of sp³-hybridized carbons (Fsp3) is 0.455. The summed E-state index contributed by atoms with van der Waals surface area (Å²) in [7, 11) is 1.68. The van der Waals surface area contributed by atoms with Crippen molar-refractivity contribution in [3.05, 3.63) is 28.7 Å². The normalized spacial score (nSPS) is 13.2. The van der Waals surface area contributed by atoms with E-state index >= 15 is 0 Å². The molecule has 0 spiro atoms. The van der Waals surface area contributed by atoms with Gasteiger partial charge < -0.3 is 4.90 Å².